The zero-order valence-electron chi connectivity index (χ0n) is 9.34. The van der Waals surface area contributed by atoms with Gasteiger partial charge < -0.3 is 11.1 Å². The standard InChI is InChI=1S/C12H12N4O/c1-8-4-2-3-5-10(8)16-12-14-6-9(7-15-12)11(13)17/h2-7H,1H3,(H2,13,17)(H,14,15,16). The van der Waals surface area contributed by atoms with Crippen LogP contribution in [0.4, 0.5) is 11.6 Å². The van der Waals surface area contributed by atoms with Crippen molar-refractivity contribution in [2.75, 3.05) is 5.32 Å². The van der Waals surface area contributed by atoms with Crippen molar-refractivity contribution in [1.82, 2.24) is 9.97 Å². The number of carbonyl (C=O) groups is 1. The summed E-state index contributed by atoms with van der Waals surface area (Å²) in [5, 5.41) is 3.06. The summed E-state index contributed by atoms with van der Waals surface area (Å²) < 4.78 is 0. The van der Waals surface area contributed by atoms with Crippen LogP contribution in [0.15, 0.2) is 36.7 Å². The quantitative estimate of drug-likeness (QED) is 0.836. The second kappa shape index (κ2) is 4.61. The molecule has 0 aliphatic heterocycles. The summed E-state index contributed by atoms with van der Waals surface area (Å²) in [6.07, 6.45) is 2.80. The van der Waals surface area contributed by atoms with Gasteiger partial charge in [0.25, 0.3) is 5.91 Å². The molecule has 17 heavy (non-hydrogen) atoms. The van der Waals surface area contributed by atoms with Gasteiger partial charge in [0.15, 0.2) is 0 Å². The Balaban J connectivity index is 2.20. The number of carbonyl (C=O) groups excluding carboxylic acids is 1. The third-order valence-electron chi connectivity index (χ3n) is 2.33. The third kappa shape index (κ3) is 2.57. The van der Waals surface area contributed by atoms with Crippen molar-refractivity contribution in [2.24, 2.45) is 5.73 Å². The highest BCUT2D eigenvalue weighted by molar-refractivity contribution is 5.92. The van der Waals surface area contributed by atoms with Crippen LogP contribution < -0.4 is 11.1 Å². The fourth-order valence-electron chi connectivity index (χ4n) is 1.35. The van der Waals surface area contributed by atoms with Crippen LogP contribution in [0.25, 0.3) is 0 Å². The van der Waals surface area contributed by atoms with E-state index in [-0.39, 0.29) is 0 Å². The summed E-state index contributed by atoms with van der Waals surface area (Å²) in [6, 6.07) is 7.80. The van der Waals surface area contributed by atoms with Gasteiger partial charge >= 0.3 is 0 Å². The maximum absolute atomic E-state index is 10.8. The van der Waals surface area contributed by atoms with Crippen molar-refractivity contribution >= 4 is 17.5 Å². The van der Waals surface area contributed by atoms with E-state index in [0.29, 0.717) is 11.5 Å². The lowest BCUT2D eigenvalue weighted by Gasteiger charge is -2.07. The zero-order chi connectivity index (χ0) is 12.3. The number of nitrogens with zero attached hydrogens (tertiary/aromatic N) is 2. The van der Waals surface area contributed by atoms with Gasteiger partial charge in [0, 0.05) is 18.1 Å². The Bertz CT molecular complexity index is 536. The summed E-state index contributed by atoms with van der Waals surface area (Å²) in [7, 11) is 0. The van der Waals surface area contributed by atoms with E-state index in [9.17, 15) is 4.79 Å². The maximum Gasteiger partial charge on any atom is 0.251 e. The molecule has 3 N–H and O–H groups in total. The normalized spacial score (nSPS) is 9.94. The van der Waals surface area contributed by atoms with Crippen LogP contribution in [-0.4, -0.2) is 15.9 Å². The third-order valence-corrected chi connectivity index (χ3v) is 2.33. The fourth-order valence-corrected chi connectivity index (χ4v) is 1.35. The average Bonchev–Trinajstić information content (AvgIpc) is 2.33. The molecular formula is C12H12N4O. The molecule has 0 aliphatic carbocycles. The predicted octanol–water partition coefficient (Wildman–Crippen LogP) is 1.63. The Morgan fingerprint density at radius 2 is 1.88 bits per heavy atom. The van der Waals surface area contributed by atoms with Gasteiger partial charge in [-0.3, -0.25) is 4.79 Å². The molecule has 0 aliphatic rings. The highest BCUT2D eigenvalue weighted by Gasteiger charge is 2.03. The Hall–Kier alpha value is -2.43. The van der Waals surface area contributed by atoms with E-state index in [1.54, 1.807) is 0 Å². The summed E-state index contributed by atoms with van der Waals surface area (Å²) in [5.41, 5.74) is 7.42. The molecule has 86 valence electrons. The predicted molar refractivity (Wildman–Crippen MR) is 65.0 cm³/mol. The van der Waals surface area contributed by atoms with Crippen molar-refractivity contribution in [3.05, 3.63) is 47.8 Å². The Labute approximate surface area is 98.7 Å². The molecule has 0 saturated carbocycles. The first-order valence-corrected chi connectivity index (χ1v) is 5.11. The number of anilines is 2. The van der Waals surface area contributed by atoms with Gasteiger partial charge in [-0.1, -0.05) is 18.2 Å². The molecule has 1 aromatic heterocycles. The Morgan fingerprint density at radius 1 is 1.24 bits per heavy atom. The monoisotopic (exact) mass is 228 g/mol. The summed E-state index contributed by atoms with van der Waals surface area (Å²) in [6.45, 7) is 1.99. The van der Waals surface area contributed by atoms with Gasteiger partial charge in [-0.15, -0.1) is 0 Å². The van der Waals surface area contributed by atoms with Gasteiger partial charge in [0.05, 0.1) is 5.56 Å². The van der Waals surface area contributed by atoms with E-state index in [4.69, 9.17) is 5.73 Å². The van der Waals surface area contributed by atoms with Crippen molar-refractivity contribution in [1.29, 1.82) is 0 Å². The van der Waals surface area contributed by atoms with Crippen LogP contribution in [0.3, 0.4) is 0 Å². The Kier molecular flexibility index (Phi) is 3.00. The number of nitrogens with two attached hydrogens (primary N) is 1. The number of hydrogen-bond acceptors (Lipinski definition) is 4. The maximum atomic E-state index is 10.8. The number of primary amides is 1. The van der Waals surface area contributed by atoms with E-state index in [1.807, 2.05) is 31.2 Å². The zero-order valence-corrected chi connectivity index (χ0v) is 9.34. The second-order valence-corrected chi connectivity index (χ2v) is 3.60. The molecule has 0 fully saturated rings. The van der Waals surface area contributed by atoms with Crippen LogP contribution in [0.2, 0.25) is 0 Å². The highest BCUT2D eigenvalue weighted by atomic mass is 16.1. The number of nitrogens with one attached hydrogen (secondary N) is 1. The van der Waals surface area contributed by atoms with Crippen LogP contribution in [-0.2, 0) is 0 Å². The van der Waals surface area contributed by atoms with Gasteiger partial charge in [-0.25, -0.2) is 9.97 Å². The van der Waals surface area contributed by atoms with E-state index in [1.165, 1.54) is 12.4 Å². The van der Waals surface area contributed by atoms with E-state index >= 15 is 0 Å². The number of aromatic nitrogens is 2. The average molecular weight is 228 g/mol. The van der Waals surface area contributed by atoms with Crippen LogP contribution >= 0.6 is 0 Å². The molecule has 1 amide bonds. The molecule has 2 aromatic rings. The molecule has 0 unspecified atom stereocenters. The first-order valence-electron chi connectivity index (χ1n) is 5.11. The smallest absolute Gasteiger partial charge is 0.251 e. The first kappa shape index (κ1) is 11.1. The molecule has 0 spiro atoms. The largest absolute Gasteiger partial charge is 0.366 e. The number of amides is 1. The van der Waals surface area contributed by atoms with Gasteiger partial charge in [-0.2, -0.15) is 0 Å². The molecule has 0 atom stereocenters. The molecule has 0 bridgehead atoms. The van der Waals surface area contributed by atoms with Crippen LogP contribution in [0.1, 0.15) is 15.9 Å². The molecular weight excluding hydrogens is 216 g/mol. The fraction of sp³-hybridized carbons (Fsp3) is 0.0833. The minimum absolute atomic E-state index is 0.292. The molecule has 5 nitrogen and oxygen atoms in total. The molecule has 0 radical (unpaired) electrons. The lowest BCUT2D eigenvalue weighted by atomic mass is 10.2. The number of aryl methyl sites for hydroxylation is 1. The Morgan fingerprint density at radius 3 is 2.47 bits per heavy atom. The van der Waals surface area contributed by atoms with Crippen LogP contribution in [0, 0.1) is 6.92 Å². The van der Waals surface area contributed by atoms with E-state index in [0.717, 1.165) is 11.3 Å². The molecule has 5 heteroatoms. The lowest BCUT2D eigenvalue weighted by molar-refractivity contribution is 0.0999. The van der Waals surface area contributed by atoms with Gasteiger partial charge in [0.2, 0.25) is 5.95 Å². The number of benzene rings is 1. The number of rotatable bonds is 3. The van der Waals surface area contributed by atoms with E-state index in [2.05, 4.69) is 15.3 Å². The van der Waals surface area contributed by atoms with Crippen molar-refractivity contribution in [2.45, 2.75) is 6.92 Å². The van der Waals surface area contributed by atoms with Crippen LogP contribution in [0.5, 0.6) is 0 Å². The van der Waals surface area contributed by atoms with Crippen molar-refractivity contribution in [3.8, 4) is 0 Å². The van der Waals surface area contributed by atoms with Crippen molar-refractivity contribution in [3.63, 3.8) is 0 Å². The van der Waals surface area contributed by atoms with E-state index < -0.39 is 5.91 Å². The second-order valence-electron chi connectivity index (χ2n) is 3.60. The summed E-state index contributed by atoms with van der Waals surface area (Å²) in [5.74, 6) is -0.100. The van der Waals surface area contributed by atoms with Crippen molar-refractivity contribution < 1.29 is 4.79 Å². The number of para-hydroxylation sites is 1. The minimum Gasteiger partial charge on any atom is -0.366 e. The first-order chi connectivity index (χ1) is 8.16. The molecule has 2 rings (SSSR count). The van der Waals surface area contributed by atoms with Gasteiger partial charge in [-0.05, 0) is 18.6 Å². The lowest BCUT2D eigenvalue weighted by Crippen LogP contribution is -2.12. The summed E-state index contributed by atoms with van der Waals surface area (Å²) >= 11 is 0. The molecule has 1 heterocycles. The summed E-state index contributed by atoms with van der Waals surface area (Å²) in [4.78, 5) is 18.9. The SMILES string of the molecule is Cc1ccccc1Nc1ncc(C(N)=O)cn1. The molecule has 1 aromatic carbocycles. The van der Waals surface area contributed by atoms with Gasteiger partial charge in [0.1, 0.15) is 0 Å². The topological polar surface area (TPSA) is 80.9 Å². The highest BCUT2D eigenvalue weighted by Crippen LogP contribution is 2.16. The molecule has 0 saturated heterocycles. The number of hydrogen-bond donors (Lipinski definition) is 2. The minimum atomic E-state index is -0.535.